The fourth-order valence-electron chi connectivity index (χ4n) is 2.45. The first-order chi connectivity index (χ1) is 7.84. The van der Waals surface area contributed by atoms with Gasteiger partial charge in [0.1, 0.15) is 0 Å². The molecule has 1 N–H and O–H groups in total. The predicted molar refractivity (Wildman–Crippen MR) is 67.1 cm³/mol. The van der Waals surface area contributed by atoms with Crippen LogP contribution >= 0.6 is 0 Å². The van der Waals surface area contributed by atoms with Crippen molar-refractivity contribution in [3.63, 3.8) is 0 Å². The van der Waals surface area contributed by atoms with E-state index < -0.39 is 0 Å². The first-order valence-electron chi connectivity index (χ1n) is 6.44. The van der Waals surface area contributed by atoms with E-state index in [9.17, 15) is 0 Å². The molecule has 1 aromatic heterocycles. The summed E-state index contributed by atoms with van der Waals surface area (Å²) in [5, 5.41) is 3.56. The molecule has 1 heterocycles. The molecule has 0 bridgehead atoms. The Labute approximate surface area is 98.5 Å². The maximum atomic E-state index is 4.02. The Morgan fingerprint density at radius 2 is 1.88 bits per heavy atom. The molecule has 0 unspecified atom stereocenters. The van der Waals surface area contributed by atoms with E-state index in [1.165, 1.54) is 37.8 Å². The second-order valence-electron chi connectivity index (χ2n) is 5.11. The van der Waals surface area contributed by atoms with Crippen molar-refractivity contribution in [1.29, 1.82) is 0 Å². The summed E-state index contributed by atoms with van der Waals surface area (Å²) in [4.78, 5) is 4.02. The van der Waals surface area contributed by atoms with Gasteiger partial charge in [0, 0.05) is 18.9 Å². The molecular weight excluding hydrogens is 196 g/mol. The lowest BCUT2D eigenvalue weighted by atomic mass is 9.83. The molecule has 0 amide bonds. The van der Waals surface area contributed by atoms with Crippen LogP contribution in [0.25, 0.3) is 0 Å². The van der Waals surface area contributed by atoms with E-state index in [1.54, 1.807) is 0 Å². The molecular formula is C14H22N2. The van der Waals surface area contributed by atoms with Crippen molar-refractivity contribution in [2.75, 3.05) is 6.54 Å². The highest BCUT2D eigenvalue weighted by molar-refractivity contribution is 5.08. The van der Waals surface area contributed by atoms with Crippen LogP contribution in [0.4, 0.5) is 0 Å². The number of nitrogens with one attached hydrogen (secondary N) is 1. The van der Waals surface area contributed by atoms with Gasteiger partial charge in [-0.3, -0.25) is 4.98 Å². The average Bonchev–Trinajstić information content (AvgIpc) is 2.33. The minimum absolute atomic E-state index is 0.901. The van der Waals surface area contributed by atoms with Gasteiger partial charge >= 0.3 is 0 Å². The molecule has 0 atom stereocenters. The molecule has 2 nitrogen and oxygen atoms in total. The van der Waals surface area contributed by atoms with Gasteiger partial charge in [0.05, 0.1) is 0 Å². The summed E-state index contributed by atoms with van der Waals surface area (Å²) < 4.78 is 0. The zero-order valence-electron chi connectivity index (χ0n) is 10.2. The molecule has 1 aliphatic carbocycles. The molecule has 1 saturated carbocycles. The first-order valence-corrected chi connectivity index (χ1v) is 6.44. The summed E-state index contributed by atoms with van der Waals surface area (Å²) in [6, 6.07) is 4.16. The molecule has 0 spiro atoms. The van der Waals surface area contributed by atoms with Crippen molar-refractivity contribution in [2.45, 2.75) is 39.2 Å². The van der Waals surface area contributed by atoms with E-state index in [2.05, 4.69) is 29.4 Å². The first kappa shape index (κ1) is 11.6. The molecule has 1 aliphatic rings. The van der Waals surface area contributed by atoms with Gasteiger partial charge in [-0.05, 0) is 48.9 Å². The number of nitrogens with zero attached hydrogens (tertiary/aromatic N) is 1. The second kappa shape index (κ2) is 6.00. The van der Waals surface area contributed by atoms with Crippen LogP contribution in [0.5, 0.6) is 0 Å². The Morgan fingerprint density at radius 1 is 1.19 bits per heavy atom. The Bertz CT molecular complexity index is 289. The Morgan fingerprint density at radius 3 is 2.56 bits per heavy atom. The average molecular weight is 218 g/mol. The van der Waals surface area contributed by atoms with Gasteiger partial charge in [-0.15, -0.1) is 0 Å². The standard InChI is InChI=1S/C14H22N2/c1-12-2-4-13(5-3-12)10-16-11-14-6-8-15-9-7-14/h6-9,12-13,16H,2-5,10-11H2,1H3. The normalized spacial score (nSPS) is 25.6. The lowest BCUT2D eigenvalue weighted by Gasteiger charge is -2.26. The summed E-state index contributed by atoms with van der Waals surface area (Å²) in [7, 11) is 0. The summed E-state index contributed by atoms with van der Waals surface area (Å²) in [5.74, 6) is 1.86. The van der Waals surface area contributed by atoms with Gasteiger partial charge in [0.2, 0.25) is 0 Å². The Balaban J connectivity index is 1.65. The third-order valence-electron chi connectivity index (χ3n) is 3.65. The molecule has 0 aromatic carbocycles. The molecule has 0 aliphatic heterocycles. The SMILES string of the molecule is CC1CCC(CNCc2ccncc2)CC1. The van der Waals surface area contributed by atoms with Crippen LogP contribution in [0.2, 0.25) is 0 Å². The topological polar surface area (TPSA) is 24.9 Å². The predicted octanol–water partition coefficient (Wildman–Crippen LogP) is 3.00. The van der Waals surface area contributed by atoms with Gasteiger partial charge < -0.3 is 5.32 Å². The highest BCUT2D eigenvalue weighted by Crippen LogP contribution is 2.27. The molecule has 1 aromatic rings. The van der Waals surface area contributed by atoms with E-state index in [0.717, 1.165) is 18.4 Å². The van der Waals surface area contributed by atoms with Gasteiger partial charge in [-0.25, -0.2) is 0 Å². The zero-order valence-corrected chi connectivity index (χ0v) is 10.2. The van der Waals surface area contributed by atoms with Crippen LogP contribution in [0, 0.1) is 11.8 Å². The smallest absolute Gasteiger partial charge is 0.0271 e. The minimum Gasteiger partial charge on any atom is -0.312 e. The summed E-state index contributed by atoms with van der Waals surface area (Å²) >= 11 is 0. The molecule has 2 rings (SSSR count). The van der Waals surface area contributed by atoms with Crippen LogP contribution in [-0.2, 0) is 6.54 Å². The van der Waals surface area contributed by atoms with Crippen LogP contribution in [0.3, 0.4) is 0 Å². The van der Waals surface area contributed by atoms with Gasteiger partial charge in [0.15, 0.2) is 0 Å². The van der Waals surface area contributed by atoms with Crippen LogP contribution < -0.4 is 5.32 Å². The van der Waals surface area contributed by atoms with Gasteiger partial charge in [-0.2, -0.15) is 0 Å². The van der Waals surface area contributed by atoms with Crippen LogP contribution in [0.15, 0.2) is 24.5 Å². The van der Waals surface area contributed by atoms with Crippen molar-refractivity contribution >= 4 is 0 Å². The van der Waals surface area contributed by atoms with Crippen molar-refractivity contribution in [3.8, 4) is 0 Å². The monoisotopic (exact) mass is 218 g/mol. The molecule has 0 radical (unpaired) electrons. The van der Waals surface area contributed by atoms with Crippen LogP contribution in [0.1, 0.15) is 38.2 Å². The minimum atomic E-state index is 0.901. The fraction of sp³-hybridized carbons (Fsp3) is 0.643. The molecule has 2 heteroatoms. The molecule has 0 saturated heterocycles. The quantitative estimate of drug-likeness (QED) is 0.840. The summed E-state index contributed by atoms with van der Waals surface area (Å²) in [6.07, 6.45) is 9.37. The maximum Gasteiger partial charge on any atom is 0.0271 e. The summed E-state index contributed by atoms with van der Waals surface area (Å²) in [5.41, 5.74) is 1.33. The Hall–Kier alpha value is -0.890. The largest absolute Gasteiger partial charge is 0.312 e. The number of hydrogen-bond donors (Lipinski definition) is 1. The van der Waals surface area contributed by atoms with E-state index >= 15 is 0 Å². The highest BCUT2D eigenvalue weighted by atomic mass is 14.9. The van der Waals surface area contributed by atoms with Crippen molar-refractivity contribution in [1.82, 2.24) is 10.3 Å². The number of rotatable bonds is 4. The lowest BCUT2D eigenvalue weighted by molar-refractivity contribution is 0.281. The number of pyridine rings is 1. The number of aromatic nitrogens is 1. The second-order valence-corrected chi connectivity index (χ2v) is 5.11. The third-order valence-corrected chi connectivity index (χ3v) is 3.65. The van der Waals surface area contributed by atoms with Gasteiger partial charge in [-0.1, -0.05) is 19.8 Å². The van der Waals surface area contributed by atoms with E-state index in [0.29, 0.717) is 0 Å². The number of hydrogen-bond acceptors (Lipinski definition) is 2. The van der Waals surface area contributed by atoms with Crippen molar-refractivity contribution in [2.24, 2.45) is 11.8 Å². The van der Waals surface area contributed by atoms with Crippen LogP contribution in [-0.4, -0.2) is 11.5 Å². The van der Waals surface area contributed by atoms with E-state index in [1.807, 2.05) is 12.4 Å². The highest BCUT2D eigenvalue weighted by Gasteiger charge is 2.17. The molecule has 1 fully saturated rings. The summed E-state index contributed by atoms with van der Waals surface area (Å²) in [6.45, 7) is 4.53. The Kier molecular flexibility index (Phi) is 4.34. The van der Waals surface area contributed by atoms with Crippen molar-refractivity contribution < 1.29 is 0 Å². The van der Waals surface area contributed by atoms with Crippen molar-refractivity contribution in [3.05, 3.63) is 30.1 Å². The van der Waals surface area contributed by atoms with Gasteiger partial charge in [0.25, 0.3) is 0 Å². The zero-order chi connectivity index (χ0) is 11.2. The fourth-order valence-corrected chi connectivity index (χ4v) is 2.45. The lowest BCUT2D eigenvalue weighted by Crippen LogP contribution is -2.25. The van der Waals surface area contributed by atoms with E-state index in [-0.39, 0.29) is 0 Å². The maximum absolute atomic E-state index is 4.02. The molecule has 88 valence electrons. The third kappa shape index (κ3) is 3.60. The molecule has 16 heavy (non-hydrogen) atoms. The van der Waals surface area contributed by atoms with E-state index in [4.69, 9.17) is 0 Å².